The maximum Gasteiger partial charge on any atom is 0.280 e. The molecule has 36 heavy (non-hydrogen) atoms. The van der Waals surface area contributed by atoms with Gasteiger partial charge in [-0.2, -0.15) is 10.1 Å². The Balaban J connectivity index is 1.74. The Hall–Kier alpha value is -3.12. The average Bonchev–Trinajstić information content (AvgIpc) is 3.10. The van der Waals surface area contributed by atoms with E-state index in [0.717, 1.165) is 0 Å². The van der Waals surface area contributed by atoms with E-state index in [1.165, 1.54) is 31.2 Å². The number of rotatable bonds is 5. The van der Waals surface area contributed by atoms with E-state index in [0.29, 0.717) is 8.95 Å². The topological polar surface area (TPSA) is 41.9 Å². The first-order chi connectivity index (χ1) is 17.0. The summed E-state index contributed by atoms with van der Waals surface area (Å²) in [5.74, 6) is -12.6. The van der Waals surface area contributed by atoms with Gasteiger partial charge >= 0.3 is 0 Å². The van der Waals surface area contributed by atoms with E-state index in [2.05, 4.69) is 37.0 Å². The fourth-order valence-corrected chi connectivity index (χ4v) is 4.75. The molecule has 0 unspecified atom stereocenters. The van der Waals surface area contributed by atoms with Gasteiger partial charge < -0.3 is 4.74 Å². The summed E-state index contributed by atoms with van der Waals surface area (Å²) in [5, 5.41) is 3.83. The van der Waals surface area contributed by atoms with E-state index in [1.807, 2.05) is 0 Å². The van der Waals surface area contributed by atoms with Crippen LogP contribution in [0.5, 0.6) is 5.75 Å². The fraction of sp³-hybridized carbons (Fsp3) is 0.0833. The molecule has 4 rings (SSSR count). The Morgan fingerprint density at radius 2 is 1.56 bits per heavy atom. The van der Waals surface area contributed by atoms with E-state index in [9.17, 15) is 31.1 Å². The Kier molecular flexibility index (Phi) is 7.28. The van der Waals surface area contributed by atoms with Gasteiger partial charge in [-0.3, -0.25) is 4.79 Å². The molecule has 1 aliphatic heterocycles. The maximum absolute atomic E-state index is 14.3. The molecule has 0 aliphatic carbocycles. The molecule has 0 atom stereocenters. The van der Waals surface area contributed by atoms with Crippen molar-refractivity contribution in [1.82, 2.24) is 0 Å². The minimum Gasteiger partial charge on any atom is -0.487 e. The summed E-state index contributed by atoms with van der Waals surface area (Å²) in [4.78, 5) is 13.0. The van der Waals surface area contributed by atoms with E-state index < -0.39 is 46.5 Å². The minimum absolute atomic E-state index is 0.0555. The summed E-state index contributed by atoms with van der Waals surface area (Å²) in [6.07, 6.45) is 1.28. The zero-order valence-electron chi connectivity index (χ0n) is 18.0. The van der Waals surface area contributed by atoms with Crippen molar-refractivity contribution in [2.45, 2.75) is 13.5 Å². The molecule has 4 nitrogen and oxygen atoms in total. The van der Waals surface area contributed by atoms with Crippen molar-refractivity contribution in [2.75, 3.05) is 5.01 Å². The Labute approximate surface area is 217 Å². The second kappa shape index (κ2) is 10.1. The maximum atomic E-state index is 14.3. The van der Waals surface area contributed by atoms with E-state index in [4.69, 9.17) is 4.74 Å². The number of nitrogens with zero attached hydrogens (tertiary/aromatic N) is 2. The summed E-state index contributed by atoms with van der Waals surface area (Å²) >= 11 is 6.64. The molecule has 3 aromatic rings. The normalized spacial score (nSPS) is 14.6. The van der Waals surface area contributed by atoms with Gasteiger partial charge in [-0.05, 0) is 47.1 Å². The van der Waals surface area contributed by atoms with Crippen LogP contribution in [-0.4, -0.2) is 11.6 Å². The summed E-state index contributed by atoms with van der Waals surface area (Å²) in [6.45, 7) is 1.16. The van der Waals surface area contributed by atoms with Crippen LogP contribution in [0.1, 0.15) is 18.1 Å². The van der Waals surface area contributed by atoms with Crippen LogP contribution < -0.4 is 9.75 Å². The largest absolute Gasteiger partial charge is 0.487 e. The van der Waals surface area contributed by atoms with E-state index >= 15 is 0 Å². The van der Waals surface area contributed by atoms with Gasteiger partial charge in [-0.25, -0.2) is 26.3 Å². The van der Waals surface area contributed by atoms with Crippen LogP contribution in [0, 0.1) is 34.9 Å². The molecule has 1 aliphatic rings. The number of hydrogen-bond donors (Lipinski definition) is 0. The molecule has 3 aromatic carbocycles. The highest BCUT2D eigenvalue weighted by Gasteiger charge is 2.37. The number of halogens is 8. The van der Waals surface area contributed by atoms with Crippen molar-refractivity contribution in [1.29, 1.82) is 0 Å². The molecule has 0 bridgehead atoms. The minimum atomic E-state index is -2.35. The van der Waals surface area contributed by atoms with Gasteiger partial charge in [-0.15, -0.1) is 0 Å². The Morgan fingerprint density at radius 1 is 0.944 bits per heavy atom. The first kappa shape index (κ1) is 26.0. The number of carbonyl (C=O) groups is 1. The highest BCUT2D eigenvalue weighted by molar-refractivity contribution is 9.11. The summed E-state index contributed by atoms with van der Waals surface area (Å²) in [7, 11) is 0. The van der Waals surface area contributed by atoms with Gasteiger partial charge in [0.25, 0.3) is 5.91 Å². The highest BCUT2D eigenvalue weighted by Crippen LogP contribution is 2.38. The number of hydrogen-bond acceptors (Lipinski definition) is 3. The molecule has 0 spiro atoms. The predicted molar refractivity (Wildman–Crippen MR) is 127 cm³/mol. The van der Waals surface area contributed by atoms with Gasteiger partial charge in [0.1, 0.15) is 23.9 Å². The molecule has 1 amide bonds. The monoisotopic (exact) mass is 632 g/mol. The molecule has 0 radical (unpaired) electrons. The predicted octanol–water partition coefficient (Wildman–Crippen LogP) is 7.43. The summed E-state index contributed by atoms with van der Waals surface area (Å²) < 4.78 is 90.2. The molecular weight excluding hydrogens is 622 g/mol. The molecule has 1 heterocycles. The SMILES string of the molecule is CC1=NN(c2c(F)c(F)c(F)c(F)c2F)C(=O)/C1=C\c1cc(Br)cc(Br)c1OCc1ccccc1F. The summed E-state index contributed by atoms with van der Waals surface area (Å²) in [6, 6.07) is 9.14. The number of amides is 1. The second-order valence-corrected chi connectivity index (χ2v) is 9.23. The lowest BCUT2D eigenvalue weighted by atomic mass is 10.1. The molecule has 0 saturated heterocycles. The number of ether oxygens (including phenoxy) is 1. The zero-order valence-corrected chi connectivity index (χ0v) is 21.2. The van der Waals surface area contributed by atoms with Crippen LogP contribution in [0.25, 0.3) is 6.08 Å². The standard InChI is InChI=1S/C24H12Br2F6N2O2/c1-10-14(24(35)34(33-10)22-20(31)18(29)17(28)19(30)21(22)32)7-12-6-13(25)8-15(26)23(12)36-9-11-4-2-3-5-16(11)27/h2-8H,9H2,1H3/b14-7-. The van der Waals surface area contributed by atoms with E-state index in [1.54, 1.807) is 18.2 Å². The number of benzene rings is 3. The lowest BCUT2D eigenvalue weighted by Crippen LogP contribution is -2.25. The highest BCUT2D eigenvalue weighted by atomic mass is 79.9. The van der Waals surface area contributed by atoms with Gasteiger partial charge in [0.05, 0.1) is 15.8 Å². The second-order valence-electron chi connectivity index (χ2n) is 7.46. The molecule has 12 heteroatoms. The number of carbonyl (C=O) groups excluding carboxylic acids is 1. The van der Waals surface area contributed by atoms with Crippen LogP contribution in [0.15, 0.2) is 56.0 Å². The van der Waals surface area contributed by atoms with Crippen molar-refractivity contribution >= 4 is 55.2 Å². The van der Waals surface area contributed by atoms with Crippen molar-refractivity contribution in [3.63, 3.8) is 0 Å². The first-order valence-corrected chi connectivity index (χ1v) is 11.6. The lowest BCUT2D eigenvalue weighted by molar-refractivity contribution is -0.114. The number of anilines is 1. The van der Waals surface area contributed by atoms with Gasteiger partial charge in [0, 0.05) is 15.6 Å². The van der Waals surface area contributed by atoms with Gasteiger partial charge in [0.2, 0.25) is 5.82 Å². The van der Waals surface area contributed by atoms with Crippen molar-refractivity contribution in [2.24, 2.45) is 5.10 Å². The smallest absolute Gasteiger partial charge is 0.280 e. The van der Waals surface area contributed by atoms with Crippen LogP contribution in [0.4, 0.5) is 32.0 Å². The third kappa shape index (κ3) is 4.66. The van der Waals surface area contributed by atoms with Gasteiger partial charge in [0.15, 0.2) is 23.3 Å². The fourth-order valence-electron chi connectivity index (χ4n) is 3.38. The third-order valence-corrected chi connectivity index (χ3v) is 6.17. The van der Waals surface area contributed by atoms with E-state index in [-0.39, 0.29) is 39.8 Å². The summed E-state index contributed by atoms with van der Waals surface area (Å²) in [5.41, 5.74) is -1.20. The van der Waals surface area contributed by atoms with Gasteiger partial charge in [-0.1, -0.05) is 34.1 Å². The third-order valence-electron chi connectivity index (χ3n) is 5.13. The van der Waals surface area contributed by atoms with Crippen molar-refractivity contribution in [3.05, 3.63) is 96.9 Å². The zero-order chi connectivity index (χ0) is 26.3. The molecule has 0 aromatic heterocycles. The molecule has 0 saturated carbocycles. The first-order valence-electron chi connectivity index (χ1n) is 9.99. The number of hydrazone groups is 1. The molecule has 0 N–H and O–H groups in total. The van der Waals surface area contributed by atoms with Crippen LogP contribution in [0.2, 0.25) is 0 Å². The molecular formula is C24H12Br2F6N2O2. The molecule has 186 valence electrons. The van der Waals surface area contributed by atoms with Crippen molar-refractivity contribution < 1.29 is 35.9 Å². The average molecular weight is 634 g/mol. The molecule has 0 fully saturated rings. The van der Waals surface area contributed by atoms with Crippen LogP contribution >= 0.6 is 31.9 Å². The Bertz CT molecular complexity index is 1450. The Morgan fingerprint density at radius 3 is 2.19 bits per heavy atom. The van der Waals surface area contributed by atoms with Crippen LogP contribution in [0.3, 0.4) is 0 Å². The quantitative estimate of drug-likeness (QED) is 0.127. The lowest BCUT2D eigenvalue weighted by Gasteiger charge is -2.15. The van der Waals surface area contributed by atoms with Crippen LogP contribution in [-0.2, 0) is 11.4 Å². The van der Waals surface area contributed by atoms with Crippen molar-refractivity contribution in [3.8, 4) is 5.75 Å².